The summed E-state index contributed by atoms with van der Waals surface area (Å²) in [6.07, 6.45) is 4.30. The SMILES string of the molecule is Cl.NCCC(=O)N(Cc1ccccc1)CC1CCC1. The van der Waals surface area contributed by atoms with Crippen LogP contribution in [0.15, 0.2) is 30.3 Å². The number of hydrogen-bond donors (Lipinski definition) is 1. The van der Waals surface area contributed by atoms with Gasteiger partial charge in [-0.3, -0.25) is 4.79 Å². The summed E-state index contributed by atoms with van der Waals surface area (Å²) in [5, 5.41) is 0. The van der Waals surface area contributed by atoms with Crippen LogP contribution < -0.4 is 5.73 Å². The van der Waals surface area contributed by atoms with Crippen molar-refractivity contribution in [3.63, 3.8) is 0 Å². The van der Waals surface area contributed by atoms with Gasteiger partial charge in [-0.2, -0.15) is 0 Å². The Kier molecular flexibility index (Phi) is 6.89. The number of nitrogens with zero attached hydrogens (tertiary/aromatic N) is 1. The molecule has 0 unspecified atom stereocenters. The van der Waals surface area contributed by atoms with Crippen molar-refractivity contribution in [1.29, 1.82) is 0 Å². The minimum atomic E-state index is 0. The maximum atomic E-state index is 12.1. The van der Waals surface area contributed by atoms with Gasteiger partial charge in [-0.05, 0) is 24.3 Å². The van der Waals surface area contributed by atoms with E-state index in [1.165, 1.54) is 24.8 Å². The number of carbonyl (C=O) groups excluding carboxylic acids is 1. The van der Waals surface area contributed by atoms with E-state index in [1.807, 2.05) is 23.1 Å². The summed E-state index contributed by atoms with van der Waals surface area (Å²) in [4.78, 5) is 14.0. The van der Waals surface area contributed by atoms with E-state index in [-0.39, 0.29) is 18.3 Å². The van der Waals surface area contributed by atoms with Gasteiger partial charge in [-0.25, -0.2) is 0 Å². The standard InChI is InChI=1S/C15H22N2O.ClH/c16-10-9-15(18)17(12-14-7-4-8-14)11-13-5-2-1-3-6-13;/h1-3,5-6,14H,4,7-12,16H2;1H. The van der Waals surface area contributed by atoms with Gasteiger partial charge in [0.05, 0.1) is 0 Å². The van der Waals surface area contributed by atoms with Crippen molar-refractivity contribution >= 4 is 18.3 Å². The molecular formula is C15H23ClN2O. The molecule has 2 N–H and O–H groups in total. The second-order valence-corrected chi connectivity index (χ2v) is 5.10. The summed E-state index contributed by atoms with van der Waals surface area (Å²) in [7, 11) is 0. The largest absolute Gasteiger partial charge is 0.338 e. The molecule has 4 heteroatoms. The molecule has 0 spiro atoms. The molecule has 1 aromatic rings. The molecule has 0 atom stereocenters. The lowest BCUT2D eigenvalue weighted by molar-refractivity contribution is -0.132. The van der Waals surface area contributed by atoms with Gasteiger partial charge in [0, 0.05) is 26.1 Å². The van der Waals surface area contributed by atoms with E-state index in [0.717, 1.165) is 13.1 Å². The average Bonchev–Trinajstić information content (AvgIpc) is 2.33. The highest BCUT2D eigenvalue weighted by atomic mass is 35.5. The van der Waals surface area contributed by atoms with Crippen LogP contribution in [0.25, 0.3) is 0 Å². The van der Waals surface area contributed by atoms with Crippen molar-refractivity contribution in [3.8, 4) is 0 Å². The van der Waals surface area contributed by atoms with Crippen LogP contribution in [0.3, 0.4) is 0 Å². The monoisotopic (exact) mass is 282 g/mol. The molecule has 1 fully saturated rings. The van der Waals surface area contributed by atoms with Crippen LogP contribution in [0.5, 0.6) is 0 Å². The van der Waals surface area contributed by atoms with Crippen molar-refractivity contribution < 1.29 is 4.79 Å². The third kappa shape index (κ3) is 4.84. The molecule has 1 aromatic carbocycles. The molecule has 3 nitrogen and oxygen atoms in total. The lowest BCUT2D eigenvalue weighted by Gasteiger charge is -2.32. The highest BCUT2D eigenvalue weighted by molar-refractivity contribution is 5.85. The highest BCUT2D eigenvalue weighted by Crippen LogP contribution is 2.27. The Balaban J connectivity index is 0.00000180. The molecule has 1 aliphatic carbocycles. The number of nitrogens with two attached hydrogens (primary N) is 1. The molecule has 2 rings (SSSR count). The quantitative estimate of drug-likeness (QED) is 0.872. The Bertz CT molecular complexity index is 379. The van der Waals surface area contributed by atoms with Crippen LogP contribution in [-0.4, -0.2) is 23.9 Å². The van der Waals surface area contributed by atoms with Crippen molar-refractivity contribution in [2.45, 2.75) is 32.2 Å². The fourth-order valence-corrected chi connectivity index (χ4v) is 2.33. The van der Waals surface area contributed by atoms with Crippen LogP contribution in [-0.2, 0) is 11.3 Å². The first-order valence-corrected chi connectivity index (χ1v) is 6.81. The number of amides is 1. The van der Waals surface area contributed by atoms with E-state index in [0.29, 0.717) is 18.9 Å². The first kappa shape index (κ1) is 16.0. The van der Waals surface area contributed by atoms with Gasteiger partial charge in [0.25, 0.3) is 0 Å². The number of benzene rings is 1. The van der Waals surface area contributed by atoms with E-state index < -0.39 is 0 Å². The molecule has 0 saturated heterocycles. The summed E-state index contributed by atoms with van der Waals surface area (Å²) in [5.41, 5.74) is 6.69. The van der Waals surface area contributed by atoms with E-state index in [9.17, 15) is 4.79 Å². The maximum absolute atomic E-state index is 12.1. The summed E-state index contributed by atoms with van der Waals surface area (Å²) < 4.78 is 0. The number of halogens is 1. The van der Waals surface area contributed by atoms with Crippen LogP contribution in [0, 0.1) is 5.92 Å². The molecule has 1 saturated carbocycles. The Hall–Kier alpha value is -1.06. The zero-order valence-corrected chi connectivity index (χ0v) is 12.1. The predicted molar refractivity (Wildman–Crippen MR) is 80.1 cm³/mol. The smallest absolute Gasteiger partial charge is 0.224 e. The number of carbonyl (C=O) groups is 1. The highest BCUT2D eigenvalue weighted by Gasteiger charge is 2.23. The van der Waals surface area contributed by atoms with Gasteiger partial charge in [0.1, 0.15) is 0 Å². The first-order chi connectivity index (χ1) is 8.79. The van der Waals surface area contributed by atoms with Crippen molar-refractivity contribution in [1.82, 2.24) is 4.90 Å². The minimum Gasteiger partial charge on any atom is -0.338 e. The van der Waals surface area contributed by atoms with Crippen molar-refractivity contribution in [2.24, 2.45) is 11.7 Å². The van der Waals surface area contributed by atoms with Crippen molar-refractivity contribution in [2.75, 3.05) is 13.1 Å². The Morgan fingerprint density at radius 3 is 2.47 bits per heavy atom. The molecule has 1 amide bonds. The van der Waals surface area contributed by atoms with Gasteiger partial charge < -0.3 is 10.6 Å². The fourth-order valence-electron chi connectivity index (χ4n) is 2.33. The molecule has 1 aliphatic rings. The molecule has 0 heterocycles. The Morgan fingerprint density at radius 2 is 1.95 bits per heavy atom. The predicted octanol–water partition coefficient (Wildman–Crippen LogP) is 2.59. The van der Waals surface area contributed by atoms with Crippen molar-refractivity contribution in [3.05, 3.63) is 35.9 Å². The van der Waals surface area contributed by atoms with Gasteiger partial charge in [-0.15, -0.1) is 12.4 Å². The van der Waals surface area contributed by atoms with Crippen LogP contribution in [0.4, 0.5) is 0 Å². The molecular weight excluding hydrogens is 260 g/mol. The van der Waals surface area contributed by atoms with Crippen LogP contribution in [0.2, 0.25) is 0 Å². The zero-order chi connectivity index (χ0) is 12.8. The van der Waals surface area contributed by atoms with E-state index in [4.69, 9.17) is 5.73 Å². The first-order valence-electron chi connectivity index (χ1n) is 6.81. The summed E-state index contributed by atoms with van der Waals surface area (Å²) >= 11 is 0. The number of hydrogen-bond acceptors (Lipinski definition) is 2. The normalized spacial score (nSPS) is 14.4. The van der Waals surface area contributed by atoms with E-state index >= 15 is 0 Å². The summed E-state index contributed by atoms with van der Waals surface area (Å²) in [5.74, 6) is 0.892. The van der Waals surface area contributed by atoms with Crippen LogP contribution >= 0.6 is 12.4 Å². The Morgan fingerprint density at radius 1 is 1.26 bits per heavy atom. The number of rotatable bonds is 6. The van der Waals surface area contributed by atoms with Gasteiger partial charge >= 0.3 is 0 Å². The zero-order valence-electron chi connectivity index (χ0n) is 11.3. The third-order valence-corrected chi connectivity index (χ3v) is 3.63. The maximum Gasteiger partial charge on any atom is 0.224 e. The molecule has 0 radical (unpaired) electrons. The molecule has 0 bridgehead atoms. The summed E-state index contributed by atoms with van der Waals surface area (Å²) in [6, 6.07) is 10.2. The third-order valence-electron chi connectivity index (χ3n) is 3.63. The minimum absolute atomic E-state index is 0. The lowest BCUT2D eigenvalue weighted by Crippen LogP contribution is -2.37. The lowest BCUT2D eigenvalue weighted by atomic mass is 9.85. The van der Waals surface area contributed by atoms with Gasteiger partial charge in [-0.1, -0.05) is 36.8 Å². The summed E-state index contributed by atoms with van der Waals surface area (Å²) in [6.45, 7) is 2.05. The average molecular weight is 283 g/mol. The molecule has 0 aromatic heterocycles. The van der Waals surface area contributed by atoms with E-state index in [2.05, 4.69) is 12.1 Å². The molecule has 19 heavy (non-hydrogen) atoms. The second-order valence-electron chi connectivity index (χ2n) is 5.10. The fraction of sp³-hybridized carbons (Fsp3) is 0.533. The van der Waals surface area contributed by atoms with Gasteiger partial charge in [0.2, 0.25) is 5.91 Å². The molecule has 0 aliphatic heterocycles. The second kappa shape index (κ2) is 8.18. The van der Waals surface area contributed by atoms with Crippen LogP contribution in [0.1, 0.15) is 31.2 Å². The van der Waals surface area contributed by atoms with Gasteiger partial charge in [0.15, 0.2) is 0 Å². The van der Waals surface area contributed by atoms with E-state index in [1.54, 1.807) is 0 Å². The topological polar surface area (TPSA) is 46.3 Å². The Labute approximate surface area is 121 Å². The molecule has 106 valence electrons.